The Hall–Kier alpha value is -2.73. The average Bonchev–Trinajstić information content (AvgIpc) is 3.04. The van der Waals surface area contributed by atoms with Crippen LogP contribution in [0.25, 0.3) is 11.4 Å². The third-order valence-corrected chi connectivity index (χ3v) is 3.82. The van der Waals surface area contributed by atoms with Gasteiger partial charge in [0, 0.05) is 11.1 Å². The highest BCUT2D eigenvalue weighted by molar-refractivity contribution is 6.32. The van der Waals surface area contributed by atoms with Gasteiger partial charge in [-0.15, -0.1) is 10.2 Å². The lowest BCUT2D eigenvalue weighted by Gasteiger charge is -2.05. The standard InChI is InChI=1S/C17H15ClN4O2/c1-11-3-5-12(6-4-11)17-19-21-22(20-17)10-15(23)13-7-8-16(24-2)14(18)9-13/h3-9H,10H2,1-2H3. The van der Waals surface area contributed by atoms with Crippen LogP contribution in [0.2, 0.25) is 5.02 Å². The number of aromatic nitrogens is 4. The first-order chi connectivity index (χ1) is 11.6. The van der Waals surface area contributed by atoms with E-state index < -0.39 is 0 Å². The molecule has 2 aromatic carbocycles. The number of tetrazole rings is 1. The number of aryl methyl sites for hydroxylation is 1. The molecular formula is C17H15ClN4O2. The van der Waals surface area contributed by atoms with Crippen LogP contribution < -0.4 is 4.74 Å². The minimum absolute atomic E-state index is 0.0124. The number of benzene rings is 2. The molecule has 0 aliphatic carbocycles. The van der Waals surface area contributed by atoms with Crippen molar-refractivity contribution in [3.63, 3.8) is 0 Å². The molecule has 0 unspecified atom stereocenters. The maximum atomic E-state index is 12.3. The zero-order valence-corrected chi connectivity index (χ0v) is 14.0. The number of carbonyl (C=O) groups is 1. The minimum atomic E-state index is -0.160. The smallest absolute Gasteiger partial charge is 0.204 e. The van der Waals surface area contributed by atoms with Gasteiger partial charge in [-0.05, 0) is 30.3 Å². The second-order valence-electron chi connectivity index (χ2n) is 5.28. The van der Waals surface area contributed by atoms with Crippen molar-refractivity contribution >= 4 is 17.4 Å². The Morgan fingerprint density at radius 1 is 1.21 bits per heavy atom. The van der Waals surface area contributed by atoms with Crippen molar-refractivity contribution in [2.24, 2.45) is 0 Å². The number of hydrogen-bond acceptors (Lipinski definition) is 5. The maximum Gasteiger partial charge on any atom is 0.204 e. The van der Waals surface area contributed by atoms with Crippen molar-refractivity contribution in [3.8, 4) is 17.1 Å². The molecule has 0 fully saturated rings. The van der Waals surface area contributed by atoms with Gasteiger partial charge in [-0.1, -0.05) is 41.4 Å². The molecule has 3 rings (SSSR count). The van der Waals surface area contributed by atoms with Crippen molar-refractivity contribution in [1.29, 1.82) is 0 Å². The van der Waals surface area contributed by atoms with Crippen LogP contribution in [0.5, 0.6) is 5.75 Å². The quantitative estimate of drug-likeness (QED) is 0.666. The zero-order chi connectivity index (χ0) is 17.1. The molecular weight excluding hydrogens is 328 g/mol. The molecule has 0 atom stereocenters. The molecule has 0 spiro atoms. The van der Waals surface area contributed by atoms with Gasteiger partial charge in [-0.25, -0.2) is 0 Å². The third kappa shape index (κ3) is 3.44. The molecule has 122 valence electrons. The summed E-state index contributed by atoms with van der Waals surface area (Å²) in [6, 6.07) is 12.7. The van der Waals surface area contributed by atoms with Crippen molar-refractivity contribution in [2.75, 3.05) is 7.11 Å². The molecule has 0 aliphatic heterocycles. The summed E-state index contributed by atoms with van der Waals surface area (Å²) in [7, 11) is 1.52. The Morgan fingerprint density at radius 3 is 2.62 bits per heavy atom. The molecule has 1 heterocycles. The highest BCUT2D eigenvalue weighted by atomic mass is 35.5. The largest absolute Gasteiger partial charge is 0.495 e. The van der Waals surface area contributed by atoms with Crippen LogP contribution in [0.1, 0.15) is 15.9 Å². The van der Waals surface area contributed by atoms with Gasteiger partial charge in [0.2, 0.25) is 5.82 Å². The minimum Gasteiger partial charge on any atom is -0.495 e. The molecule has 6 nitrogen and oxygen atoms in total. The van der Waals surface area contributed by atoms with Crippen LogP contribution in [-0.4, -0.2) is 33.1 Å². The molecule has 7 heteroatoms. The highest BCUT2D eigenvalue weighted by Gasteiger charge is 2.13. The molecule has 0 saturated heterocycles. The Bertz CT molecular complexity index is 875. The van der Waals surface area contributed by atoms with E-state index in [-0.39, 0.29) is 12.3 Å². The number of ether oxygens (including phenoxy) is 1. The van der Waals surface area contributed by atoms with Gasteiger partial charge in [-0.2, -0.15) is 4.80 Å². The van der Waals surface area contributed by atoms with E-state index in [4.69, 9.17) is 16.3 Å². The van der Waals surface area contributed by atoms with E-state index in [9.17, 15) is 4.79 Å². The molecule has 0 saturated carbocycles. The van der Waals surface area contributed by atoms with E-state index in [0.717, 1.165) is 11.1 Å². The van der Waals surface area contributed by atoms with E-state index in [0.29, 0.717) is 22.2 Å². The van der Waals surface area contributed by atoms with Crippen LogP contribution in [0.3, 0.4) is 0 Å². The van der Waals surface area contributed by atoms with Crippen molar-refractivity contribution in [2.45, 2.75) is 13.5 Å². The van der Waals surface area contributed by atoms with E-state index in [1.807, 2.05) is 31.2 Å². The highest BCUT2D eigenvalue weighted by Crippen LogP contribution is 2.25. The summed E-state index contributed by atoms with van der Waals surface area (Å²) in [5, 5.41) is 12.6. The second kappa shape index (κ2) is 6.80. The number of methoxy groups -OCH3 is 1. The van der Waals surface area contributed by atoms with Gasteiger partial charge in [0.05, 0.1) is 12.1 Å². The Morgan fingerprint density at radius 2 is 1.96 bits per heavy atom. The van der Waals surface area contributed by atoms with Gasteiger partial charge in [0.25, 0.3) is 0 Å². The summed E-state index contributed by atoms with van der Waals surface area (Å²) in [5.74, 6) is 0.844. The van der Waals surface area contributed by atoms with Gasteiger partial charge < -0.3 is 4.74 Å². The third-order valence-electron chi connectivity index (χ3n) is 3.52. The summed E-state index contributed by atoms with van der Waals surface area (Å²) in [5.41, 5.74) is 2.47. The van der Waals surface area contributed by atoms with Crippen LogP contribution in [0.4, 0.5) is 0 Å². The summed E-state index contributed by atoms with van der Waals surface area (Å²) in [6.45, 7) is 1.99. The fourth-order valence-electron chi connectivity index (χ4n) is 2.19. The van der Waals surface area contributed by atoms with Gasteiger partial charge >= 0.3 is 0 Å². The van der Waals surface area contributed by atoms with Gasteiger partial charge in [-0.3, -0.25) is 4.79 Å². The molecule has 0 bridgehead atoms. The lowest BCUT2D eigenvalue weighted by atomic mass is 10.1. The van der Waals surface area contributed by atoms with Gasteiger partial charge in [0.1, 0.15) is 12.3 Å². The molecule has 24 heavy (non-hydrogen) atoms. The molecule has 0 radical (unpaired) electrons. The van der Waals surface area contributed by atoms with E-state index in [1.54, 1.807) is 18.2 Å². The first-order valence-electron chi connectivity index (χ1n) is 7.28. The summed E-state index contributed by atoms with van der Waals surface area (Å²) in [4.78, 5) is 13.6. The fourth-order valence-corrected chi connectivity index (χ4v) is 2.45. The average molecular weight is 343 g/mol. The molecule has 0 aliphatic rings. The van der Waals surface area contributed by atoms with E-state index in [2.05, 4.69) is 15.4 Å². The first-order valence-corrected chi connectivity index (χ1v) is 7.66. The number of rotatable bonds is 5. The molecule has 3 aromatic rings. The monoisotopic (exact) mass is 342 g/mol. The number of ketones is 1. The fraction of sp³-hybridized carbons (Fsp3) is 0.176. The first kappa shape index (κ1) is 16.1. The molecule has 1 aromatic heterocycles. The van der Waals surface area contributed by atoms with Crippen LogP contribution in [0, 0.1) is 6.92 Å². The van der Waals surface area contributed by atoms with Gasteiger partial charge in [0.15, 0.2) is 5.78 Å². The predicted octanol–water partition coefficient (Wildman–Crippen LogP) is 3.19. The van der Waals surface area contributed by atoms with Crippen molar-refractivity contribution < 1.29 is 9.53 Å². The van der Waals surface area contributed by atoms with Crippen LogP contribution in [0.15, 0.2) is 42.5 Å². The number of carbonyl (C=O) groups excluding carboxylic acids is 1. The normalized spacial score (nSPS) is 10.6. The number of Topliss-reactive ketones (excluding diaryl/α,β-unsaturated/α-hetero) is 1. The lowest BCUT2D eigenvalue weighted by molar-refractivity contribution is 0.0961. The van der Waals surface area contributed by atoms with E-state index in [1.165, 1.54) is 11.9 Å². The Kier molecular flexibility index (Phi) is 4.57. The topological polar surface area (TPSA) is 69.9 Å². The number of halogens is 1. The zero-order valence-electron chi connectivity index (χ0n) is 13.2. The molecule has 0 N–H and O–H groups in total. The summed E-state index contributed by atoms with van der Waals surface area (Å²) < 4.78 is 5.08. The summed E-state index contributed by atoms with van der Waals surface area (Å²) in [6.07, 6.45) is 0. The summed E-state index contributed by atoms with van der Waals surface area (Å²) >= 11 is 6.05. The Balaban J connectivity index is 1.75. The maximum absolute atomic E-state index is 12.3. The predicted molar refractivity (Wildman–Crippen MR) is 90.3 cm³/mol. The SMILES string of the molecule is COc1ccc(C(=O)Cn2nnc(-c3ccc(C)cc3)n2)cc1Cl. The van der Waals surface area contributed by atoms with Crippen molar-refractivity contribution in [3.05, 3.63) is 58.6 Å². The van der Waals surface area contributed by atoms with Crippen LogP contribution >= 0.6 is 11.6 Å². The van der Waals surface area contributed by atoms with Crippen molar-refractivity contribution in [1.82, 2.24) is 20.2 Å². The second-order valence-corrected chi connectivity index (χ2v) is 5.69. The Labute approximate surface area is 144 Å². The number of hydrogen-bond donors (Lipinski definition) is 0. The molecule has 0 amide bonds. The van der Waals surface area contributed by atoms with Crippen LogP contribution in [-0.2, 0) is 6.54 Å². The number of nitrogens with zero attached hydrogens (tertiary/aromatic N) is 4. The lowest BCUT2D eigenvalue weighted by Crippen LogP contribution is -2.13. The van der Waals surface area contributed by atoms with E-state index >= 15 is 0 Å².